The van der Waals surface area contributed by atoms with Crippen molar-refractivity contribution in [1.82, 2.24) is 19.6 Å². The highest BCUT2D eigenvalue weighted by atomic mass is 16.6. The summed E-state index contributed by atoms with van der Waals surface area (Å²) >= 11 is 0. The fraction of sp³-hybridized carbons (Fsp3) is 0.733. The Hall–Kier alpha value is -1.76. The molecular formula is C15H27N5O2. The van der Waals surface area contributed by atoms with Crippen LogP contribution in [-0.4, -0.2) is 64.0 Å². The number of nitrogens with zero attached hydrogens (tertiary/aromatic N) is 4. The predicted octanol–water partition coefficient (Wildman–Crippen LogP) is 1.41. The first-order valence-electron chi connectivity index (χ1n) is 7.82. The first-order valence-corrected chi connectivity index (χ1v) is 7.82. The Bertz CT molecular complexity index is 486. The van der Waals surface area contributed by atoms with Gasteiger partial charge in [-0.1, -0.05) is 0 Å². The fourth-order valence-corrected chi connectivity index (χ4v) is 2.44. The molecule has 0 aromatic carbocycles. The first-order chi connectivity index (χ1) is 10.3. The van der Waals surface area contributed by atoms with Crippen molar-refractivity contribution in [3.05, 3.63) is 12.4 Å². The molecule has 0 bridgehead atoms. The van der Waals surface area contributed by atoms with Crippen molar-refractivity contribution >= 4 is 11.8 Å². The lowest BCUT2D eigenvalue weighted by atomic mass is 10.2. The van der Waals surface area contributed by atoms with Gasteiger partial charge in [-0.25, -0.2) is 4.79 Å². The zero-order valence-corrected chi connectivity index (χ0v) is 13.8. The molecule has 7 nitrogen and oxygen atoms in total. The van der Waals surface area contributed by atoms with Crippen molar-refractivity contribution in [1.29, 1.82) is 0 Å². The highest BCUT2D eigenvalue weighted by molar-refractivity contribution is 5.68. The molecule has 1 aliphatic heterocycles. The van der Waals surface area contributed by atoms with Gasteiger partial charge in [-0.15, -0.1) is 0 Å². The fourth-order valence-electron chi connectivity index (χ4n) is 2.44. The molecule has 0 saturated carbocycles. The number of amides is 1. The van der Waals surface area contributed by atoms with Crippen LogP contribution in [0.5, 0.6) is 0 Å². The summed E-state index contributed by atoms with van der Waals surface area (Å²) in [4.78, 5) is 16.1. The Labute approximate surface area is 132 Å². The molecule has 2 heterocycles. The van der Waals surface area contributed by atoms with Crippen LogP contribution >= 0.6 is 0 Å². The molecule has 22 heavy (non-hydrogen) atoms. The molecule has 1 aromatic rings. The van der Waals surface area contributed by atoms with Crippen LogP contribution in [0, 0.1) is 0 Å². The number of piperazine rings is 1. The van der Waals surface area contributed by atoms with Crippen LogP contribution in [0.15, 0.2) is 12.4 Å². The Morgan fingerprint density at radius 1 is 1.27 bits per heavy atom. The SMILES string of the molecule is CC(C)(C)OC(=O)N1CCN(CCCn2cc(N)cn2)CC1. The maximum atomic E-state index is 12.0. The van der Waals surface area contributed by atoms with Gasteiger partial charge in [0.1, 0.15) is 5.60 Å². The number of anilines is 1. The van der Waals surface area contributed by atoms with Gasteiger partial charge in [-0.05, 0) is 27.2 Å². The van der Waals surface area contributed by atoms with Crippen molar-refractivity contribution in [2.24, 2.45) is 0 Å². The molecule has 2 rings (SSSR count). The van der Waals surface area contributed by atoms with Crippen molar-refractivity contribution in [2.75, 3.05) is 38.5 Å². The number of nitrogens with two attached hydrogens (primary N) is 1. The average molecular weight is 309 g/mol. The van der Waals surface area contributed by atoms with Crippen LogP contribution in [0.4, 0.5) is 10.5 Å². The van der Waals surface area contributed by atoms with E-state index in [4.69, 9.17) is 10.5 Å². The van der Waals surface area contributed by atoms with E-state index >= 15 is 0 Å². The Kier molecular flexibility index (Phi) is 5.28. The molecule has 0 atom stereocenters. The minimum Gasteiger partial charge on any atom is -0.444 e. The Morgan fingerprint density at radius 2 is 1.95 bits per heavy atom. The summed E-state index contributed by atoms with van der Waals surface area (Å²) in [7, 11) is 0. The normalized spacial score (nSPS) is 16.8. The lowest BCUT2D eigenvalue weighted by molar-refractivity contribution is 0.0144. The van der Waals surface area contributed by atoms with E-state index in [9.17, 15) is 4.79 Å². The largest absolute Gasteiger partial charge is 0.444 e. The molecule has 1 aliphatic rings. The lowest BCUT2D eigenvalue weighted by Gasteiger charge is -2.35. The molecule has 0 aliphatic carbocycles. The number of aromatic nitrogens is 2. The summed E-state index contributed by atoms with van der Waals surface area (Å²) in [6.45, 7) is 10.8. The summed E-state index contributed by atoms with van der Waals surface area (Å²) in [5.41, 5.74) is 5.91. The number of nitrogen functional groups attached to an aromatic ring is 1. The predicted molar refractivity (Wildman–Crippen MR) is 85.5 cm³/mol. The summed E-state index contributed by atoms with van der Waals surface area (Å²) in [6.07, 6.45) is 4.33. The summed E-state index contributed by atoms with van der Waals surface area (Å²) in [5.74, 6) is 0. The van der Waals surface area contributed by atoms with Gasteiger partial charge in [0.05, 0.1) is 11.9 Å². The van der Waals surface area contributed by atoms with Crippen LogP contribution in [0.3, 0.4) is 0 Å². The number of ether oxygens (including phenoxy) is 1. The highest BCUT2D eigenvalue weighted by Crippen LogP contribution is 2.12. The summed E-state index contributed by atoms with van der Waals surface area (Å²) < 4.78 is 7.27. The third-order valence-electron chi connectivity index (χ3n) is 3.54. The maximum absolute atomic E-state index is 12.0. The van der Waals surface area contributed by atoms with Crippen LogP contribution in [0.2, 0.25) is 0 Å². The molecule has 0 unspecified atom stereocenters. The summed E-state index contributed by atoms with van der Waals surface area (Å²) in [6, 6.07) is 0. The smallest absolute Gasteiger partial charge is 0.410 e. The molecule has 124 valence electrons. The molecule has 1 amide bonds. The van der Waals surface area contributed by atoms with Gasteiger partial charge in [-0.2, -0.15) is 5.10 Å². The molecular weight excluding hydrogens is 282 g/mol. The van der Waals surface area contributed by atoms with E-state index in [-0.39, 0.29) is 6.09 Å². The van der Waals surface area contributed by atoms with Gasteiger partial charge >= 0.3 is 6.09 Å². The number of hydrogen-bond acceptors (Lipinski definition) is 5. The third-order valence-corrected chi connectivity index (χ3v) is 3.54. The molecule has 2 N–H and O–H groups in total. The lowest BCUT2D eigenvalue weighted by Crippen LogP contribution is -2.50. The highest BCUT2D eigenvalue weighted by Gasteiger charge is 2.25. The number of aryl methyl sites for hydroxylation is 1. The zero-order chi connectivity index (χ0) is 16.2. The van der Waals surface area contributed by atoms with E-state index in [1.807, 2.05) is 31.6 Å². The van der Waals surface area contributed by atoms with Gasteiger partial charge in [0, 0.05) is 45.5 Å². The minimum atomic E-state index is -0.431. The molecule has 0 radical (unpaired) electrons. The number of carbonyl (C=O) groups excluding carboxylic acids is 1. The van der Waals surface area contributed by atoms with E-state index in [1.54, 1.807) is 11.1 Å². The molecule has 0 spiro atoms. The van der Waals surface area contributed by atoms with E-state index in [0.717, 1.165) is 45.7 Å². The second kappa shape index (κ2) is 7.00. The number of rotatable bonds is 4. The van der Waals surface area contributed by atoms with Crippen LogP contribution in [0.25, 0.3) is 0 Å². The van der Waals surface area contributed by atoms with Crippen molar-refractivity contribution < 1.29 is 9.53 Å². The number of hydrogen-bond donors (Lipinski definition) is 1. The van der Waals surface area contributed by atoms with E-state index in [2.05, 4.69) is 10.00 Å². The Morgan fingerprint density at radius 3 is 2.50 bits per heavy atom. The monoisotopic (exact) mass is 309 g/mol. The average Bonchev–Trinajstić information content (AvgIpc) is 2.83. The molecule has 1 saturated heterocycles. The topological polar surface area (TPSA) is 76.6 Å². The van der Waals surface area contributed by atoms with Gasteiger partial charge in [-0.3, -0.25) is 9.58 Å². The number of carbonyl (C=O) groups is 1. The zero-order valence-electron chi connectivity index (χ0n) is 13.8. The van der Waals surface area contributed by atoms with Crippen molar-refractivity contribution in [3.8, 4) is 0 Å². The quantitative estimate of drug-likeness (QED) is 0.910. The first kappa shape index (κ1) is 16.6. The van der Waals surface area contributed by atoms with Gasteiger partial charge in [0.15, 0.2) is 0 Å². The van der Waals surface area contributed by atoms with E-state index < -0.39 is 5.60 Å². The van der Waals surface area contributed by atoms with Crippen molar-refractivity contribution in [2.45, 2.75) is 39.3 Å². The van der Waals surface area contributed by atoms with Crippen LogP contribution < -0.4 is 5.73 Å². The molecule has 7 heteroatoms. The maximum Gasteiger partial charge on any atom is 0.410 e. The van der Waals surface area contributed by atoms with Crippen molar-refractivity contribution in [3.63, 3.8) is 0 Å². The molecule has 1 fully saturated rings. The second-order valence-corrected chi connectivity index (χ2v) is 6.70. The van der Waals surface area contributed by atoms with Gasteiger partial charge in [0.2, 0.25) is 0 Å². The minimum absolute atomic E-state index is 0.209. The van der Waals surface area contributed by atoms with E-state index in [0.29, 0.717) is 5.69 Å². The summed E-state index contributed by atoms with van der Waals surface area (Å²) in [5, 5.41) is 4.17. The van der Waals surface area contributed by atoms with Crippen LogP contribution in [-0.2, 0) is 11.3 Å². The third kappa shape index (κ3) is 5.22. The molecule has 1 aromatic heterocycles. The second-order valence-electron chi connectivity index (χ2n) is 6.70. The van der Waals surface area contributed by atoms with Gasteiger partial charge < -0.3 is 15.4 Å². The standard InChI is InChI=1S/C15H27N5O2/c1-15(2,3)22-14(21)19-9-7-18(8-10-19)5-4-6-20-12-13(16)11-17-20/h11-12H,4-10,16H2,1-3H3. The van der Waals surface area contributed by atoms with E-state index in [1.165, 1.54) is 0 Å². The van der Waals surface area contributed by atoms with Crippen LogP contribution in [0.1, 0.15) is 27.2 Å². The Balaban J connectivity index is 1.65. The van der Waals surface area contributed by atoms with Gasteiger partial charge in [0.25, 0.3) is 0 Å².